The molecule has 1 aromatic rings. The second kappa shape index (κ2) is 9.21. The summed E-state index contributed by atoms with van der Waals surface area (Å²) in [7, 11) is 0. The molecule has 0 radical (unpaired) electrons. The Bertz CT molecular complexity index is 731. The summed E-state index contributed by atoms with van der Waals surface area (Å²) in [4.78, 5) is 27.0. The van der Waals surface area contributed by atoms with Gasteiger partial charge >= 0.3 is 6.03 Å². The number of benzene rings is 1. The average molecular weight is 393 g/mol. The zero-order chi connectivity index (χ0) is 19.2. The van der Waals surface area contributed by atoms with Crippen LogP contribution < -0.4 is 16.0 Å². The lowest BCUT2D eigenvalue weighted by Crippen LogP contribution is -2.47. The first kappa shape index (κ1) is 19.7. The van der Waals surface area contributed by atoms with E-state index in [1.54, 1.807) is 25.1 Å². The Kier molecular flexibility index (Phi) is 6.71. The summed E-state index contributed by atoms with van der Waals surface area (Å²) >= 11 is 6.08. The third kappa shape index (κ3) is 5.22. The van der Waals surface area contributed by atoms with Gasteiger partial charge in [-0.3, -0.25) is 9.69 Å². The van der Waals surface area contributed by atoms with Gasteiger partial charge in [-0.05, 0) is 37.6 Å². The Morgan fingerprint density at radius 1 is 1.37 bits per heavy atom. The van der Waals surface area contributed by atoms with Gasteiger partial charge in [-0.1, -0.05) is 23.7 Å². The van der Waals surface area contributed by atoms with Crippen LogP contribution >= 0.6 is 11.6 Å². The van der Waals surface area contributed by atoms with Crippen LogP contribution in [0.25, 0.3) is 0 Å². The SMILES string of the molecule is CC1=C(C(=O)NCCCN2CCOCC2)C(c2cccc(Cl)c2)NC(=O)N1. The highest BCUT2D eigenvalue weighted by molar-refractivity contribution is 6.30. The Balaban J connectivity index is 1.63. The third-order valence-corrected chi connectivity index (χ3v) is 4.97. The van der Waals surface area contributed by atoms with Crippen LogP contribution in [-0.2, 0) is 9.53 Å². The van der Waals surface area contributed by atoms with E-state index >= 15 is 0 Å². The number of carbonyl (C=O) groups excluding carboxylic acids is 2. The molecule has 0 aliphatic carbocycles. The fourth-order valence-corrected chi connectivity index (χ4v) is 3.55. The van der Waals surface area contributed by atoms with Crippen molar-refractivity contribution in [3.8, 4) is 0 Å². The van der Waals surface area contributed by atoms with Crippen LogP contribution in [-0.4, -0.2) is 56.2 Å². The number of hydrogen-bond acceptors (Lipinski definition) is 4. The Morgan fingerprint density at radius 3 is 2.89 bits per heavy atom. The number of ether oxygens (including phenoxy) is 1. The monoisotopic (exact) mass is 392 g/mol. The van der Waals surface area contributed by atoms with Gasteiger partial charge in [-0.15, -0.1) is 0 Å². The van der Waals surface area contributed by atoms with Crippen LogP contribution in [0.1, 0.15) is 24.9 Å². The lowest BCUT2D eigenvalue weighted by molar-refractivity contribution is -0.118. The van der Waals surface area contributed by atoms with Gasteiger partial charge in [0.05, 0.1) is 24.8 Å². The van der Waals surface area contributed by atoms with Gasteiger partial charge < -0.3 is 20.7 Å². The largest absolute Gasteiger partial charge is 0.379 e. The molecule has 3 N–H and O–H groups in total. The third-order valence-electron chi connectivity index (χ3n) is 4.74. The standard InChI is InChI=1S/C19H25ClN4O3/c1-13-16(18(25)21-6-3-7-24-8-10-27-11-9-24)17(23-19(26)22-13)14-4-2-5-15(20)12-14/h2,4-5,12,17H,3,6-11H2,1H3,(H,21,25)(H2,22,23,26). The molecule has 1 atom stereocenters. The summed E-state index contributed by atoms with van der Waals surface area (Å²) in [6, 6.07) is 6.31. The van der Waals surface area contributed by atoms with Crippen molar-refractivity contribution in [3.63, 3.8) is 0 Å². The molecule has 0 bridgehead atoms. The molecule has 1 aromatic carbocycles. The molecule has 0 aromatic heterocycles. The van der Waals surface area contributed by atoms with E-state index in [9.17, 15) is 9.59 Å². The molecular formula is C19H25ClN4O3. The van der Waals surface area contributed by atoms with Crippen molar-refractivity contribution in [2.45, 2.75) is 19.4 Å². The van der Waals surface area contributed by atoms with Gasteiger partial charge in [-0.2, -0.15) is 0 Å². The molecule has 3 rings (SSSR count). The molecule has 27 heavy (non-hydrogen) atoms. The summed E-state index contributed by atoms with van der Waals surface area (Å²) in [5, 5.41) is 9.03. The van der Waals surface area contributed by atoms with Crippen molar-refractivity contribution in [2.75, 3.05) is 39.4 Å². The molecule has 1 unspecified atom stereocenters. The highest BCUT2D eigenvalue weighted by atomic mass is 35.5. The highest BCUT2D eigenvalue weighted by Crippen LogP contribution is 2.28. The molecule has 8 heteroatoms. The van der Waals surface area contributed by atoms with Crippen molar-refractivity contribution in [3.05, 3.63) is 46.1 Å². The van der Waals surface area contributed by atoms with Gasteiger partial charge in [0.2, 0.25) is 0 Å². The minimum Gasteiger partial charge on any atom is -0.379 e. The van der Waals surface area contributed by atoms with Crippen LogP contribution in [0.2, 0.25) is 5.02 Å². The van der Waals surface area contributed by atoms with Gasteiger partial charge in [0.25, 0.3) is 5.91 Å². The van der Waals surface area contributed by atoms with Crippen LogP contribution in [0.5, 0.6) is 0 Å². The molecule has 2 aliphatic heterocycles. The zero-order valence-corrected chi connectivity index (χ0v) is 16.1. The van der Waals surface area contributed by atoms with Crippen LogP contribution in [0.3, 0.4) is 0 Å². The number of hydrogen-bond donors (Lipinski definition) is 3. The first-order chi connectivity index (χ1) is 13.0. The van der Waals surface area contributed by atoms with E-state index in [4.69, 9.17) is 16.3 Å². The van der Waals surface area contributed by atoms with Crippen molar-refractivity contribution >= 4 is 23.5 Å². The summed E-state index contributed by atoms with van der Waals surface area (Å²) in [6.07, 6.45) is 0.861. The number of urea groups is 1. The number of nitrogens with one attached hydrogen (secondary N) is 3. The van der Waals surface area contributed by atoms with E-state index in [0.717, 1.165) is 44.8 Å². The molecule has 1 saturated heterocycles. The second-order valence-electron chi connectivity index (χ2n) is 6.69. The fraction of sp³-hybridized carbons (Fsp3) is 0.474. The Morgan fingerprint density at radius 2 is 2.15 bits per heavy atom. The predicted octanol–water partition coefficient (Wildman–Crippen LogP) is 1.81. The maximum absolute atomic E-state index is 12.8. The normalized spacial score (nSPS) is 20.8. The number of carbonyl (C=O) groups is 2. The quantitative estimate of drug-likeness (QED) is 0.645. The van der Waals surface area contributed by atoms with E-state index in [0.29, 0.717) is 22.8 Å². The number of nitrogens with zero attached hydrogens (tertiary/aromatic N) is 1. The second-order valence-corrected chi connectivity index (χ2v) is 7.13. The Hall–Kier alpha value is -2.09. The molecule has 0 spiro atoms. The van der Waals surface area contributed by atoms with Crippen LogP contribution in [0.4, 0.5) is 4.79 Å². The molecule has 1 fully saturated rings. The molecule has 146 valence electrons. The maximum Gasteiger partial charge on any atom is 0.319 e. The van der Waals surface area contributed by atoms with Crippen molar-refractivity contribution < 1.29 is 14.3 Å². The van der Waals surface area contributed by atoms with Crippen LogP contribution in [0.15, 0.2) is 35.5 Å². The molecule has 7 nitrogen and oxygen atoms in total. The number of allylic oxidation sites excluding steroid dienone is 1. The zero-order valence-electron chi connectivity index (χ0n) is 15.4. The van der Waals surface area contributed by atoms with Gasteiger partial charge in [0, 0.05) is 30.4 Å². The molecule has 2 aliphatic rings. The predicted molar refractivity (Wildman–Crippen MR) is 103 cm³/mol. The minimum atomic E-state index is -0.531. The van der Waals surface area contributed by atoms with Gasteiger partial charge in [0.15, 0.2) is 0 Å². The summed E-state index contributed by atoms with van der Waals surface area (Å²) < 4.78 is 5.34. The first-order valence-electron chi connectivity index (χ1n) is 9.16. The highest BCUT2D eigenvalue weighted by Gasteiger charge is 2.31. The van der Waals surface area contributed by atoms with Gasteiger partial charge in [-0.25, -0.2) is 4.79 Å². The summed E-state index contributed by atoms with van der Waals surface area (Å²) in [6.45, 7) is 6.64. The minimum absolute atomic E-state index is 0.188. The number of halogens is 1. The molecular weight excluding hydrogens is 368 g/mol. The van der Waals surface area contributed by atoms with Crippen molar-refractivity contribution in [1.82, 2.24) is 20.9 Å². The summed E-state index contributed by atoms with van der Waals surface area (Å²) in [5.41, 5.74) is 1.83. The van der Waals surface area contributed by atoms with Crippen molar-refractivity contribution in [2.24, 2.45) is 0 Å². The Labute approximate surface area is 164 Å². The number of amides is 3. The van der Waals surface area contributed by atoms with Gasteiger partial charge in [0.1, 0.15) is 0 Å². The lowest BCUT2D eigenvalue weighted by atomic mass is 9.95. The van der Waals surface area contributed by atoms with E-state index in [1.807, 2.05) is 6.07 Å². The van der Waals surface area contributed by atoms with Crippen molar-refractivity contribution in [1.29, 1.82) is 0 Å². The average Bonchev–Trinajstić information content (AvgIpc) is 2.65. The smallest absolute Gasteiger partial charge is 0.319 e. The van der Waals surface area contributed by atoms with E-state index < -0.39 is 6.04 Å². The maximum atomic E-state index is 12.8. The van der Waals surface area contributed by atoms with Crippen LogP contribution in [0, 0.1) is 0 Å². The molecule has 2 heterocycles. The van der Waals surface area contributed by atoms with E-state index in [2.05, 4.69) is 20.9 Å². The molecule has 3 amide bonds. The number of rotatable bonds is 6. The first-order valence-corrected chi connectivity index (χ1v) is 9.54. The lowest BCUT2D eigenvalue weighted by Gasteiger charge is -2.29. The fourth-order valence-electron chi connectivity index (χ4n) is 3.36. The topological polar surface area (TPSA) is 82.7 Å². The summed E-state index contributed by atoms with van der Waals surface area (Å²) in [5.74, 6) is -0.188. The van der Waals surface area contributed by atoms with E-state index in [1.165, 1.54) is 0 Å². The van der Waals surface area contributed by atoms with E-state index in [-0.39, 0.29) is 11.9 Å². The molecule has 0 saturated carbocycles. The number of morpholine rings is 1.